The van der Waals surface area contributed by atoms with Gasteiger partial charge in [-0.3, -0.25) is 4.79 Å². The van der Waals surface area contributed by atoms with Crippen molar-refractivity contribution in [3.8, 4) is 0 Å². The maximum Gasteiger partial charge on any atom is 0.302 e. The van der Waals surface area contributed by atoms with E-state index in [0.717, 1.165) is 11.3 Å². The maximum absolute atomic E-state index is 10.6. The second kappa shape index (κ2) is 4.70. The van der Waals surface area contributed by atoms with E-state index in [1.807, 2.05) is 12.1 Å². The van der Waals surface area contributed by atoms with E-state index in [1.54, 1.807) is 13.1 Å². The van der Waals surface area contributed by atoms with Crippen molar-refractivity contribution in [3.05, 3.63) is 23.8 Å². The van der Waals surface area contributed by atoms with Crippen LogP contribution in [0.2, 0.25) is 0 Å². The van der Waals surface area contributed by atoms with Gasteiger partial charge in [-0.25, -0.2) is 0 Å². The summed E-state index contributed by atoms with van der Waals surface area (Å²) in [6, 6.07) is 5.47. The fourth-order valence-electron chi connectivity index (χ4n) is 1.09. The molecule has 0 saturated heterocycles. The van der Waals surface area contributed by atoms with Gasteiger partial charge in [-0.05, 0) is 11.6 Å². The minimum atomic E-state index is -0.284. The lowest BCUT2D eigenvalue weighted by Gasteiger charge is -2.08. The molecule has 0 fully saturated rings. The average Bonchev–Trinajstić information content (AvgIpc) is 2.16. The number of benzene rings is 1. The number of rotatable bonds is 3. The Kier molecular flexibility index (Phi) is 3.57. The molecule has 0 unspecified atom stereocenters. The first-order valence-corrected chi connectivity index (χ1v) is 4.33. The highest BCUT2D eigenvalue weighted by atomic mass is 16.5. The zero-order chi connectivity index (χ0) is 10.6. The largest absolute Gasteiger partial charge is 0.461 e. The van der Waals surface area contributed by atoms with Crippen LogP contribution in [0.15, 0.2) is 18.2 Å². The molecule has 0 saturated carbocycles. The summed E-state index contributed by atoms with van der Waals surface area (Å²) in [5.41, 5.74) is 2.44. The van der Waals surface area contributed by atoms with E-state index in [2.05, 4.69) is 5.32 Å². The number of hydrogen-bond acceptors (Lipinski definition) is 3. The third-order valence-electron chi connectivity index (χ3n) is 1.83. The molecule has 0 aliphatic heterocycles. The van der Waals surface area contributed by atoms with E-state index in [9.17, 15) is 4.79 Å². The predicted molar refractivity (Wildman–Crippen MR) is 56.8 cm³/mol. The number of carbonyl (C=O) groups excluding carboxylic acids is 1. The van der Waals surface area contributed by atoms with Crippen LogP contribution in [0.3, 0.4) is 0 Å². The summed E-state index contributed by atoms with van der Waals surface area (Å²) in [7, 11) is 7.48. The summed E-state index contributed by atoms with van der Waals surface area (Å²) >= 11 is 0. The lowest BCUT2D eigenvalue weighted by atomic mass is 9.93. The Bertz CT molecular complexity index is 339. The monoisotopic (exact) mass is 189 g/mol. The van der Waals surface area contributed by atoms with Crippen molar-refractivity contribution >= 4 is 25.0 Å². The lowest BCUT2D eigenvalue weighted by molar-refractivity contribution is -0.142. The summed E-state index contributed by atoms with van der Waals surface area (Å²) in [4.78, 5) is 10.6. The zero-order valence-electron chi connectivity index (χ0n) is 8.33. The molecule has 14 heavy (non-hydrogen) atoms. The van der Waals surface area contributed by atoms with Crippen LogP contribution in [0.4, 0.5) is 5.69 Å². The molecule has 72 valence electrons. The molecular weight excluding hydrogens is 177 g/mol. The Labute approximate surface area is 84.9 Å². The Morgan fingerprint density at radius 1 is 1.57 bits per heavy atom. The first kappa shape index (κ1) is 10.6. The molecule has 3 nitrogen and oxygen atoms in total. The second-order valence-electron chi connectivity index (χ2n) is 2.95. The van der Waals surface area contributed by atoms with Crippen molar-refractivity contribution in [3.63, 3.8) is 0 Å². The van der Waals surface area contributed by atoms with Gasteiger partial charge >= 0.3 is 5.97 Å². The molecule has 1 N–H and O–H groups in total. The van der Waals surface area contributed by atoms with Gasteiger partial charge in [0.15, 0.2) is 0 Å². The Balaban J connectivity index is 2.74. The highest BCUT2D eigenvalue weighted by Crippen LogP contribution is 2.08. The van der Waals surface area contributed by atoms with Crippen molar-refractivity contribution < 1.29 is 9.53 Å². The summed E-state index contributed by atoms with van der Waals surface area (Å²) in [5.74, 6) is -0.284. The number of nitrogens with one attached hydrogen (secondary N) is 1. The molecule has 0 heterocycles. The highest BCUT2D eigenvalue weighted by molar-refractivity contribution is 6.35. The molecule has 0 aliphatic carbocycles. The predicted octanol–water partition coefficient (Wildman–Crippen LogP) is 0.585. The number of carbonyl (C=O) groups is 1. The number of esters is 1. The normalized spacial score (nSPS) is 9.57. The molecule has 0 aliphatic rings. The minimum Gasteiger partial charge on any atom is -0.461 e. The van der Waals surface area contributed by atoms with Crippen molar-refractivity contribution in [2.45, 2.75) is 13.5 Å². The van der Waals surface area contributed by atoms with Gasteiger partial charge in [0.2, 0.25) is 0 Å². The summed E-state index contributed by atoms with van der Waals surface area (Å²) in [6.45, 7) is 1.67. The van der Waals surface area contributed by atoms with E-state index in [0.29, 0.717) is 5.46 Å². The van der Waals surface area contributed by atoms with Gasteiger partial charge in [-0.15, -0.1) is 0 Å². The van der Waals surface area contributed by atoms with Gasteiger partial charge < -0.3 is 10.1 Å². The Morgan fingerprint density at radius 2 is 2.29 bits per heavy atom. The number of hydrogen-bond donors (Lipinski definition) is 1. The topological polar surface area (TPSA) is 38.3 Å². The molecule has 0 atom stereocenters. The van der Waals surface area contributed by atoms with Crippen molar-refractivity contribution in [1.29, 1.82) is 0 Å². The third-order valence-corrected chi connectivity index (χ3v) is 1.83. The number of ether oxygens (including phenoxy) is 1. The van der Waals surface area contributed by atoms with Crippen molar-refractivity contribution in [1.82, 2.24) is 0 Å². The molecule has 1 rings (SSSR count). The van der Waals surface area contributed by atoms with E-state index in [1.165, 1.54) is 6.92 Å². The molecule has 0 spiro atoms. The molecule has 4 heteroatoms. The first-order valence-electron chi connectivity index (χ1n) is 4.33. The fraction of sp³-hybridized carbons (Fsp3) is 0.300. The zero-order valence-corrected chi connectivity index (χ0v) is 8.33. The van der Waals surface area contributed by atoms with E-state index < -0.39 is 0 Å². The smallest absolute Gasteiger partial charge is 0.302 e. The van der Waals surface area contributed by atoms with Crippen LogP contribution in [0.5, 0.6) is 0 Å². The van der Waals surface area contributed by atoms with Gasteiger partial charge in [-0.1, -0.05) is 17.6 Å². The second-order valence-corrected chi connectivity index (χ2v) is 2.95. The van der Waals surface area contributed by atoms with Crippen molar-refractivity contribution in [2.75, 3.05) is 12.4 Å². The van der Waals surface area contributed by atoms with Crippen LogP contribution < -0.4 is 10.8 Å². The fourth-order valence-corrected chi connectivity index (χ4v) is 1.09. The molecular formula is C10H12BNO2. The minimum absolute atomic E-state index is 0.282. The van der Waals surface area contributed by atoms with E-state index in [-0.39, 0.29) is 12.6 Å². The molecule has 1 aromatic carbocycles. The standard InChI is InChI=1S/C10H12BNO2/c1-7(13)14-6-8-3-4-9(11)10(5-8)12-2/h3-5,12H,6H2,1-2H3. The van der Waals surface area contributed by atoms with Gasteiger partial charge in [0.05, 0.1) is 0 Å². The van der Waals surface area contributed by atoms with Crippen LogP contribution in [-0.2, 0) is 16.1 Å². The third kappa shape index (κ3) is 2.80. The highest BCUT2D eigenvalue weighted by Gasteiger charge is 1.99. The van der Waals surface area contributed by atoms with Gasteiger partial charge in [0, 0.05) is 19.7 Å². The van der Waals surface area contributed by atoms with Crippen LogP contribution in [0, 0.1) is 0 Å². The SMILES string of the molecule is [B]c1ccc(COC(C)=O)cc1NC. The van der Waals surface area contributed by atoms with Crippen LogP contribution in [0.1, 0.15) is 12.5 Å². The van der Waals surface area contributed by atoms with Gasteiger partial charge in [0.1, 0.15) is 14.5 Å². The van der Waals surface area contributed by atoms with Crippen LogP contribution >= 0.6 is 0 Å². The summed E-state index contributed by atoms with van der Waals surface area (Å²) in [5, 5.41) is 2.96. The van der Waals surface area contributed by atoms with E-state index >= 15 is 0 Å². The Hall–Kier alpha value is -1.45. The van der Waals surface area contributed by atoms with E-state index in [4.69, 9.17) is 12.6 Å². The molecule has 0 amide bonds. The quantitative estimate of drug-likeness (QED) is 0.558. The van der Waals surface area contributed by atoms with Crippen molar-refractivity contribution in [2.24, 2.45) is 0 Å². The van der Waals surface area contributed by atoms with Crippen LogP contribution in [-0.4, -0.2) is 20.9 Å². The van der Waals surface area contributed by atoms with Gasteiger partial charge in [-0.2, -0.15) is 0 Å². The van der Waals surface area contributed by atoms with Gasteiger partial charge in [0.25, 0.3) is 0 Å². The maximum atomic E-state index is 10.6. The first-order chi connectivity index (χ1) is 6.63. The Morgan fingerprint density at radius 3 is 2.86 bits per heavy atom. The van der Waals surface area contributed by atoms with Crippen LogP contribution in [0.25, 0.3) is 0 Å². The molecule has 0 aromatic heterocycles. The number of anilines is 1. The average molecular weight is 189 g/mol. The lowest BCUT2D eigenvalue weighted by Crippen LogP contribution is -2.10. The summed E-state index contributed by atoms with van der Waals surface area (Å²) < 4.78 is 4.86. The molecule has 0 bridgehead atoms. The molecule has 2 radical (unpaired) electrons. The summed E-state index contributed by atoms with van der Waals surface area (Å²) in [6.07, 6.45) is 0. The molecule has 1 aromatic rings.